The molecule has 1 N–H and O–H groups in total. The van der Waals surface area contributed by atoms with Gasteiger partial charge in [0, 0.05) is 12.6 Å². The van der Waals surface area contributed by atoms with Gasteiger partial charge in [0.1, 0.15) is 0 Å². The SMILES string of the molecule is CNC1CCC2CCCC2N(Cc2ccccc2)C1=O. The maximum Gasteiger partial charge on any atom is 0.240 e. The van der Waals surface area contributed by atoms with Crippen molar-refractivity contribution in [2.45, 2.75) is 50.7 Å². The first-order valence-electron chi connectivity index (χ1n) is 7.81. The van der Waals surface area contributed by atoms with Crippen molar-refractivity contribution in [2.75, 3.05) is 7.05 Å². The number of benzene rings is 1. The number of likely N-dealkylation sites (N-methyl/N-ethyl adjacent to an activating group) is 1. The van der Waals surface area contributed by atoms with Gasteiger partial charge in [0.15, 0.2) is 0 Å². The number of fused-ring (bicyclic) bond motifs is 1. The highest BCUT2D eigenvalue weighted by atomic mass is 16.2. The number of carbonyl (C=O) groups excluding carboxylic acids is 1. The van der Waals surface area contributed by atoms with Crippen LogP contribution < -0.4 is 5.32 Å². The van der Waals surface area contributed by atoms with Crippen LogP contribution in [0.2, 0.25) is 0 Å². The van der Waals surface area contributed by atoms with E-state index in [9.17, 15) is 4.79 Å². The third-order valence-electron chi connectivity index (χ3n) is 4.97. The molecule has 3 heteroatoms. The van der Waals surface area contributed by atoms with Gasteiger partial charge in [0.05, 0.1) is 6.04 Å². The summed E-state index contributed by atoms with van der Waals surface area (Å²) in [5.74, 6) is 1.01. The third kappa shape index (κ3) is 2.59. The second-order valence-electron chi connectivity index (χ2n) is 6.13. The van der Waals surface area contributed by atoms with E-state index in [0.29, 0.717) is 17.9 Å². The summed E-state index contributed by atoms with van der Waals surface area (Å²) in [5, 5.41) is 3.21. The highest BCUT2D eigenvalue weighted by molar-refractivity contribution is 5.82. The lowest BCUT2D eigenvalue weighted by molar-refractivity contribution is -0.136. The largest absolute Gasteiger partial charge is 0.334 e. The van der Waals surface area contributed by atoms with Crippen molar-refractivity contribution in [1.82, 2.24) is 10.2 Å². The van der Waals surface area contributed by atoms with Crippen LogP contribution in [-0.4, -0.2) is 29.9 Å². The first kappa shape index (κ1) is 13.6. The van der Waals surface area contributed by atoms with Crippen LogP contribution >= 0.6 is 0 Å². The summed E-state index contributed by atoms with van der Waals surface area (Å²) in [5.41, 5.74) is 1.24. The Balaban J connectivity index is 1.84. The molecule has 1 aromatic carbocycles. The van der Waals surface area contributed by atoms with Crippen molar-refractivity contribution in [3.63, 3.8) is 0 Å². The fourth-order valence-electron chi connectivity index (χ4n) is 3.88. The van der Waals surface area contributed by atoms with Gasteiger partial charge in [0.2, 0.25) is 5.91 Å². The quantitative estimate of drug-likeness (QED) is 0.917. The number of rotatable bonds is 3. The molecule has 1 aliphatic carbocycles. The number of amides is 1. The van der Waals surface area contributed by atoms with Crippen molar-refractivity contribution in [1.29, 1.82) is 0 Å². The highest BCUT2D eigenvalue weighted by Crippen LogP contribution is 2.37. The summed E-state index contributed by atoms with van der Waals surface area (Å²) in [4.78, 5) is 14.9. The Labute approximate surface area is 121 Å². The Kier molecular flexibility index (Phi) is 4.06. The standard InChI is InChI=1S/C17H24N2O/c1-18-15-11-10-14-8-5-9-16(14)19(17(15)20)12-13-6-3-2-4-7-13/h2-4,6-7,14-16,18H,5,8-12H2,1H3. The van der Waals surface area contributed by atoms with Crippen LogP contribution in [0.5, 0.6) is 0 Å². The highest BCUT2D eigenvalue weighted by Gasteiger charge is 2.39. The van der Waals surface area contributed by atoms with Crippen LogP contribution in [0.25, 0.3) is 0 Å². The van der Waals surface area contributed by atoms with Gasteiger partial charge in [-0.05, 0) is 44.2 Å². The van der Waals surface area contributed by atoms with Gasteiger partial charge in [-0.3, -0.25) is 4.79 Å². The molecule has 0 aromatic heterocycles. The first-order chi connectivity index (χ1) is 9.79. The van der Waals surface area contributed by atoms with E-state index in [0.717, 1.165) is 13.0 Å². The molecule has 1 aromatic rings. The minimum atomic E-state index is 0.00399. The smallest absolute Gasteiger partial charge is 0.240 e. The summed E-state index contributed by atoms with van der Waals surface area (Å²) in [6.07, 6.45) is 5.92. The molecule has 3 rings (SSSR count). The first-order valence-corrected chi connectivity index (χ1v) is 7.81. The minimum absolute atomic E-state index is 0.00399. The molecular formula is C17H24N2O. The zero-order valence-electron chi connectivity index (χ0n) is 12.2. The van der Waals surface area contributed by atoms with Crippen LogP contribution in [0.4, 0.5) is 0 Å². The number of hydrogen-bond acceptors (Lipinski definition) is 2. The summed E-state index contributed by atoms with van der Waals surface area (Å²) in [7, 11) is 1.91. The van der Waals surface area contributed by atoms with Crippen LogP contribution in [0.3, 0.4) is 0 Å². The fourth-order valence-corrected chi connectivity index (χ4v) is 3.88. The van der Waals surface area contributed by atoms with Crippen molar-refractivity contribution in [2.24, 2.45) is 5.92 Å². The van der Waals surface area contributed by atoms with E-state index in [1.165, 1.54) is 31.2 Å². The van der Waals surface area contributed by atoms with Gasteiger partial charge in [-0.15, -0.1) is 0 Å². The normalized spacial score (nSPS) is 30.1. The van der Waals surface area contributed by atoms with E-state index in [1.807, 2.05) is 13.1 Å². The van der Waals surface area contributed by atoms with E-state index in [4.69, 9.17) is 0 Å². The minimum Gasteiger partial charge on any atom is -0.334 e. The molecule has 1 saturated heterocycles. The van der Waals surface area contributed by atoms with Gasteiger partial charge in [-0.2, -0.15) is 0 Å². The van der Waals surface area contributed by atoms with E-state index >= 15 is 0 Å². The molecule has 3 atom stereocenters. The summed E-state index contributed by atoms with van der Waals surface area (Å²) < 4.78 is 0. The summed E-state index contributed by atoms with van der Waals surface area (Å²) in [6, 6.07) is 10.8. The second kappa shape index (κ2) is 5.96. The zero-order chi connectivity index (χ0) is 13.9. The second-order valence-corrected chi connectivity index (χ2v) is 6.13. The molecule has 20 heavy (non-hydrogen) atoms. The van der Waals surface area contributed by atoms with E-state index in [1.54, 1.807) is 0 Å². The molecule has 2 aliphatic rings. The van der Waals surface area contributed by atoms with Crippen molar-refractivity contribution in [3.8, 4) is 0 Å². The Hall–Kier alpha value is -1.35. The average molecular weight is 272 g/mol. The molecule has 3 nitrogen and oxygen atoms in total. The topological polar surface area (TPSA) is 32.3 Å². The van der Waals surface area contributed by atoms with Crippen molar-refractivity contribution in [3.05, 3.63) is 35.9 Å². The van der Waals surface area contributed by atoms with Gasteiger partial charge in [-0.1, -0.05) is 36.8 Å². The van der Waals surface area contributed by atoms with E-state index < -0.39 is 0 Å². The third-order valence-corrected chi connectivity index (χ3v) is 4.97. The average Bonchev–Trinajstić information content (AvgIpc) is 2.90. The fraction of sp³-hybridized carbons (Fsp3) is 0.588. The Morgan fingerprint density at radius 2 is 1.95 bits per heavy atom. The van der Waals surface area contributed by atoms with E-state index in [2.05, 4.69) is 34.5 Å². The Bertz CT molecular complexity index is 459. The van der Waals surface area contributed by atoms with Gasteiger partial charge in [0.25, 0.3) is 0 Å². The maximum atomic E-state index is 12.8. The lowest BCUT2D eigenvalue weighted by atomic mass is 9.97. The van der Waals surface area contributed by atoms with Crippen molar-refractivity contribution < 1.29 is 4.79 Å². The predicted octanol–water partition coefficient (Wildman–Crippen LogP) is 2.57. The molecule has 3 unspecified atom stereocenters. The van der Waals surface area contributed by atoms with Crippen LogP contribution in [0.1, 0.15) is 37.7 Å². The molecule has 0 radical (unpaired) electrons. The summed E-state index contributed by atoms with van der Waals surface area (Å²) in [6.45, 7) is 0.763. The molecule has 1 amide bonds. The predicted molar refractivity (Wildman–Crippen MR) is 80.2 cm³/mol. The number of carbonyl (C=O) groups is 1. The molecule has 1 heterocycles. The molecule has 108 valence electrons. The number of likely N-dealkylation sites (tertiary alicyclic amines) is 1. The molecule has 0 spiro atoms. The van der Waals surface area contributed by atoms with Crippen LogP contribution in [-0.2, 0) is 11.3 Å². The number of hydrogen-bond donors (Lipinski definition) is 1. The molecule has 0 bridgehead atoms. The van der Waals surface area contributed by atoms with Crippen LogP contribution in [0.15, 0.2) is 30.3 Å². The lowest BCUT2D eigenvalue weighted by Gasteiger charge is -2.32. The Morgan fingerprint density at radius 3 is 2.70 bits per heavy atom. The van der Waals surface area contributed by atoms with Gasteiger partial charge in [-0.25, -0.2) is 0 Å². The molecular weight excluding hydrogens is 248 g/mol. The zero-order valence-corrected chi connectivity index (χ0v) is 12.2. The van der Waals surface area contributed by atoms with E-state index in [-0.39, 0.29) is 6.04 Å². The molecule has 1 saturated carbocycles. The molecule has 1 aliphatic heterocycles. The maximum absolute atomic E-state index is 12.8. The summed E-state index contributed by atoms with van der Waals surface area (Å²) >= 11 is 0. The number of nitrogens with zero attached hydrogens (tertiary/aromatic N) is 1. The van der Waals surface area contributed by atoms with Gasteiger partial charge >= 0.3 is 0 Å². The lowest BCUT2D eigenvalue weighted by Crippen LogP contribution is -2.47. The monoisotopic (exact) mass is 272 g/mol. The van der Waals surface area contributed by atoms with Crippen molar-refractivity contribution >= 4 is 5.91 Å². The number of nitrogens with one attached hydrogen (secondary N) is 1. The van der Waals surface area contributed by atoms with Gasteiger partial charge < -0.3 is 10.2 Å². The Morgan fingerprint density at radius 1 is 1.15 bits per heavy atom. The molecule has 2 fully saturated rings. The van der Waals surface area contributed by atoms with Crippen LogP contribution in [0, 0.1) is 5.92 Å².